The van der Waals surface area contributed by atoms with Crippen molar-refractivity contribution in [2.24, 2.45) is 0 Å². The van der Waals surface area contributed by atoms with Crippen LogP contribution in [0.15, 0.2) is 29.1 Å². The van der Waals surface area contributed by atoms with Crippen LogP contribution in [-0.4, -0.2) is 15.7 Å². The third-order valence-corrected chi connectivity index (χ3v) is 1.94. The molecule has 1 heterocycles. The summed E-state index contributed by atoms with van der Waals surface area (Å²) in [7, 11) is 0. The minimum absolute atomic E-state index is 0.128. The first-order valence-corrected chi connectivity index (χ1v) is 4.44. The molecule has 0 aliphatic rings. The molecule has 0 radical (unpaired) electrons. The van der Waals surface area contributed by atoms with Crippen LogP contribution in [0.3, 0.4) is 0 Å². The lowest BCUT2D eigenvalue weighted by Crippen LogP contribution is -2.23. The van der Waals surface area contributed by atoms with E-state index in [-0.39, 0.29) is 5.56 Å². The molecular formula is C9H11ClN2O. The SMILES string of the molecule is C=C(CCl)Cn1nc(C)ccc1=O. The van der Waals surface area contributed by atoms with Crippen LogP contribution in [0.2, 0.25) is 0 Å². The van der Waals surface area contributed by atoms with E-state index in [2.05, 4.69) is 11.7 Å². The van der Waals surface area contributed by atoms with Gasteiger partial charge in [0.15, 0.2) is 0 Å². The Balaban J connectivity index is 2.94. The minimum Gasteiger partial charge on any atom is -0.268 e. The quantitative estimate of drug-likeness (QED) is 0.543. The summed E-state index contributed by atoms with van der Waals surface area (Å²) in [5.74, 6) is 0.349. The number of nitrogens with zero attached hydrogens (tertiary/aromatic N) is 2. The summed E-state index contributed by atoms with van der Waals surface area (Å²) in [6, 6.07) is 3.17. The number of alkyl halides is 1. The lowest BCUT2D eigenvalue weighted by atomic mass is 10.3. The van der Waals surface area contributed by atoms with Crippen LogP contribution in [0, 0.1) is 6.92 Å². The molecule has 3 nitrogen and oxygen atoms in total. The molecule has 0 saturated heterocycles. The topological polar surface area (TPSA) is 34.9 Å². The zero-order chi connectivity index (χ0) is 9.84. The lowest BCUT2D eigenvalue weighted by Gasteiger charge is -2.04. The van der Waals surface area contributed by atoms with Crippen molar-refractivity contribution in [3.63, 3.8) is 0 Å². The van der Waals surface area contributed by atoms with Gasteiger partial charge in [-0.1, -0.05) is 6.58 Å². The molecule has 0 saturated carbocycles. The predicted molar refractivity (Wildman–Crippen MR) is 53.1 cm³/mol. The standard InChI is InChI=1S/C9H11ClN2O/c1-7(5-10)6-12-9(13)4-3-8(2)11-12/h3-4H,1,5-6H2,2H3. The molecule has 70 valence electrons. The van der Waals surface area contributed by atoms with Gasteiger partial charge in [0.1, 0.15) is 0 Å². The summed E-state index contributed by atoms with van der Waals surface area (Å²) >= 11 is 5.55. The van der Waals surface area contributed by atoms with Gasteiger partial charge in [-0.2, -0.15) is 5.10 Å². The maximum absolute atomic E-state index is 11.2. The van der Waals surface area contributed by atoms with E-state index in [9.17, 15) is 4.79 Å². The highest BCUT2D eigenvalue weighted by molar-refractivity contribution is 6.19. The first-order valence-electron chi connectivity index (χ1n) is 3.91. The molecule has 0 aliphatic heterocycles. The summed E-state index contributed by atoms with van der Waals surface area (Å²) in [6.45, 7) is 5.93. The Labute approximate surface area is 81.6 Å². The molecule has 13 heavy (non-hydrogen) atoms. The third-order valence-electron chi connectivity index (χ3n) is 1.56. The molecule has 0 aromatic carbocycles. The molecule has 1 rings (SSSR count). The van der Waals surface area contributed by atoms with Crippen molar-refractivity contribution in [3.05, 3.63) is 40.3 Å². The van der Waals surface area contributed by atoms with Crippen molar-refractivity contribution in [1.82, 2.24) is 9.78 Å². The lowest BCUT2D eigenvalue weighted by molar-refractivity contribution is 0.623. The van der Waals surface area contributed by atoms with Gasteiger partial charge in [0, 0.05) is 11.9 Å². The number of aryl methyl sites for hydroxylation is 1. The van der Waals surface area contributed by atoms with Crippen LogP contribution in [-0.2, 0) is 6.54 Å². The van der Waals surface area contributed by atoms with E-state index >= 15 is 0 Å². The fraction of sp³-hybridized carbons (Fsp3) is 0.333. The Hall–Kier alpha value is -1.09. The molecule has 0 N–H and O–H groups in total. The Morgan fingerprint density at radius 1 is 1.69 bits per heavy atom. The second-order valence-corrected chi connectivity index (χ2v) is 3.12. The average Bonchev–Trinajstić information content (AvgIpc) is 2.11. The van der Waals surface area contributed by atoms with Gasteiger partial charge in [0.05, 0.1) is 12.2 Å². The molecule has 0 atom stereocenters. The maximum Gasteiger partial charge on any atom is 0.267 e. The molecule has 4 heteroatoms. The molecule has 0 aliphatic carbocycles. The highest BCUT2D eigenvalue weighted by Gasteiger charge is 1.99. The van der Waals surface area contributed by atoms with Crippen molar-refractivity contribution in [2.75, 3.05) is 5.88 Å². The normalized spacial score (nSPS) is 10.0. The van der Waals surface area contributed by atoms with E-state index in [1.807, 2.05) is 6.92 Å². The van der Waals surface area contributed by atoms with Gasteiger partial charge in [0.2, 0.25) is 0 Å². The highest BCUT2D eigenvalue weighted by atomic mass is 35.5. The Morgan fingerprint density at radius 2 is 2.38 bits per heavy atom. The Kier molecular flexibility index (Phi) is 3.25. The molecule has 1 aromatic rings. The predicted octanol–water partition coefficient (Wildman–Crippen LogP) is 1.35. The fourth-order valence-electron chi connectivity index (χ4n) is 0.918. The zero-order valence-electron chi connectivity index (χ0n) is 7.46. The number of aromatic nitrogens is 2. The van der Waals surface area contributed by atoms with E-state index in [0.29, 0.717) is 12.4 Å². The van der Waals surface area contributed by atoms with E-state index in [1.54, 1.807) is 6.07 Å². The summed E-state index contributed by atoms with van der Waals surface area (Å²) in [5, 5.41) is 4.05. The molecule has 0 spiro atoms. The van der Waals surface area contributed by atoms with E-state index in [0.717, 1.165) is 11.3 Å². The number of rotatable bonds is 3. The van der Waals surface area contributed by atoms with Gasteiger partial charge in [0.25, 0.3) is 5.56 Å². The van der Waals surface area contributed by atoms with Gasteiger partial charge < -0.3 is 0 Å². The average molecular weight is 199 g/mol. The number of hydrogen-bond donors (Lipinski definition) is 0. The van der Waals surface area contributed by atoms with Crippen LogP contribution in [0.25, 0.3) is 0 Å². The van der Waals surface area contributed by atoms with E-state index in [4.69, 9.17) is 11.6 Å². The summed E-state index contributed by atoms with van der Waals surface area (Å²) in [6.07, 6.45) is 0. The van der Waals surface area contributed by atoms with E-state index < -0.39 is 0 Å². The van der Waals surface area contributed by atoms with Crippen molar-refractivity contribution in [3.8, 4) is 0 Å². The molecule has 0 bridgehead atoms. The zero-order valence-corrected chi connectivity index (χ0v) is 8.21. The molecular weight excluding hydrogens is 188 g/mol. The van der Waals surface area contributed by atoms with Gasteiger partial charge in [-0.3, -0.25) is 4.79 Å². The monoisotopic (exact) mass is 198 g/mol. The van der Waals surface area contributed by atoms with Gasteiger partial charge in [-0.05, 0) is 18.6 Å². The van der Waals surface area contributed by atoms with Crippen LogP contribution >= 0.6 is 11.6 Å². The highest BCUT2D eigenvalue weighted by Crippen LogP contribution is 1.96. The van der Waals surface area contributed by atoms with Crippen LogP contribution < -0.4 is 5.56 Å². The number of halogens is 1. The van der Waals surface area contributed by atoms with Gasteiger partial charge >= 0.3 is 0 Å². The van der Waals surface area contributed by atoms with Crippen molar-refractivity contribution in [2.45, 2.75) is 13.5 Å². The number of hydrogen-bond acceptors (Lipinski definition) is 2. The summed E-state index contributed by atoms with van der Waals surface area (Å²) < 4.78 is 1.36. The van der Waals surface area contributed by atoms with Gasteiger partial charge in [-0.15, -0.1) is 11.6 Å². The summed E-state index contributed by atoms with van der Waals surface area (Å²) in [5.41, 5.74) is 1.46. The van der Waals surface area contributed by atoms with Crippen molar-refractivity contribution in [1.29, 1.82) is 0 Å². The second-order valence-electron chi connectivity index (χ2n) is 2.85. The summed E-state index contributed by atoms with van der Waals surface area (Å²) in [4.78, 5) is 11.2. The smallest absolute Gasteiger partial charge is 0.267 e. The Bertz CT molecular complexity index is 370. The fourth-order valence-corrected chi connectivity index (χ4v) is 1.00. The van der Waals surface area contributed by atoms with Crippen molar-refractivity contribution >= 4 is 11.6 Å². The molecule has 0 fully saturated rings. The van der Waals surface area contributed by atoms with Crippen molar-refractivity contribution < 1.29 is 0 Å². The van der Waals surface area contributed by atoms with Crippen LogP contribution in [0.1, 0.15) is 5.69 Å². The molecule has 1 aromatic heterocycles. The van der Waals surface area contributed by atoms with E-state index in [1.165, 1.54) is 10.7 Å². The first-order chi connectivity index (χ1) is 6.13. The first kappa shape index (κ1) is 9.99. The minimum atomic E-state index is -0.128. The number of allylic oxidation sites excluding steroid dienone is 1. The van der Waals surface area contributed by atoms with Crippen LogP contribution in [0.4, 0.5) is 0 Å². The second kappa shape index (κ2) is 4.23. The largest absolute Gasteiger partial charge is 0.268 e. The third kappa shape index (κ3) is 2.70. The maximum atomic E-state index is 11.2. The van der Waals surface area contributed by atoms with Crippen LogP contribution in [0.5, 0.6) is 0 Å². The Morgan fingerprint density at radius 3 is 3.00 bits per heavy atom. The molecule has 0 amide bonds. The van der Waals surface area contributed by atoms with Gasteiger partial charge in [-0.25, -0.2) is 4.68 Å². The molecule has 0 unspecified atom stereocenters.